The van der Waals surface area contributed by atoms with Crippen molar-refractivity contribution in [3.05, 3.63) is 6.20 Å². The molecule has 0 atom stereocenters. The predicted octanol–water partition coefficient (Wildman–Crippen LogP) is -0.177. The number of H-pyrrole nitrogens is 1. The molecule has 0 saturated heterocycles. The molecule has 17 heavy (non-hydrogen) atoms. The van der Waals surface area contributed by atoms with Crippen molar-refractivity contribution in [3.8, 4) is 0 Å². The number of nitrogens with one attached hydrogen (secondary N) is 2. The molecule has 0 aliphatic carbocycles. The number of aromatic amines is 1. The number of anilines is 1. The average Bonchev–Trinajstić information content (AvgIpc) is 2.70. The van der Waals surface area contributed by atoms with E-state index < -0.39 is 10.0 Å². The largest absolute Gasteiger partial charge is 0.396 e. The summed E-state index contributed by atoms with van der Waals surface area (Å²) in [7, 11) is -3.56. The Kier molecular flexibility index (Phi) is 5.39. The maximum atomic E-state index is 11.7. The third-order valence-electron chi connectivity index (χ3n) is 2.30. The summed E-state index contributed by atoms with van der Waals surface area (Å²) in [5.74, 6) is 0.0396. The Balaban J connectivity index is 2.34. The van der Waals surface area contributed by atoms with Gasteiger partial charge in [0.15, 0.2) is 0 Å². The maximum absolute atomic E-state index is 11.7. The number of aromatic nitrogens is 2. The fourth-order valence-corrected chi connectivity index (χ4v) is 2.47. The van der Waals surface area contributed by atoms with Crippen molar-refractivity contribution < 1.29 is 13.5 Å². The lowest BCUT2D eigenvalue weighted by Gasteiger charge is -2.05. The Hall–Kier alpha value is -1.12. The molecule has 1 aromatic heterocycles. The first-order valence-corrected chi connectivity index (χ1v) is 6.95. The lowest BCUT2D eigenvalue weighted by Crippen LogP contribution is -2.25. The van der Waals surface area contributed by atoms with E-state index in [9.17, 15) is 8.42 Å². The number of rotatable bonds is 8. The van der Waals surface area contributed by atoms with Gasteiger partial charge in [-0.3, -0.25) is 5.10 Å². The Morgan fingerprint density at radius 1 is 1.35 bits per heavy atom. The Morgan fingerprint density at radius 3 is 2.65 bits per heavy atom. The van der Waals surface area contributed by atoms with Crippen LogP contribution in [0.1, 0.15) is 25.7 Å². The van der Waals surface area contributed by atoms with Gasteiger partial charge in [0.05, 0.1) is 6.20 Å². The highest BCUT2D eigenvalue weighted by atomic mass is 32.2. The molecule has 5 N–H and O–H groups in total. The summed E-state index contributed by atoms with van der Waals surface area (Å²) in [6.07, 6.45) is 4.44. The highest BCUT2D eigenvalue weighted by molar-refractivity contribution is 7.89. The monoisotopic (exact) mass is 262 g/mol. The van der Waals surface area contributed by atoms with Gasteiger partial charge in [-0.2, -0.15) is 5.10 Å². The van der Waals surface area contributed by atoms with Gasteiger partial charge in [-0.25, -0.2) is 13.1 Å². The molecule has 0 aliphatic rings. The minimum atomic E-state index is -3.56. The van der Waals surface area contributed by atoms with Crippen LogP contribution in [-0.4, -0.2) is 36.9 Å². The second-order valence-corrected chi connectivity index (χ2v) is 5.42. The van der Waals surface area contributed by atoms with E-state index in [-0.39, 0.29) is 17.3 Å². The first-order chi connectivity index (χ1) is 8.08. The zero-order valence-corrected chi connectivity index (χ0v) is 10.3. The van der Waals surface area contributed by atoms with Crippen molar-refractivity contribution >= 4 is 15.8 Å². The van der Waals surface area contributed by atoms with Crippen LogP contribution >= 0.6 is 0 Å². The molecule has 1 heterocycles. The number of nitrogen functional groups attached to an aromatic ring is 1. The predicted molar refractivity (Wildman–Crippen MR) is 63.7 cm³/mol. The lowest BCUT2D eigenvalue weighted by molar-refractivity contribution is 0.282. The summed E-state index contributed by atoms with van der Waals surface area (Å²) in [6.45, 7) is 0.537. The summed E-state index contributed by atoms with van der Waals surface area (Å²) in [6, 6.07) is 0. The van der Waals surface area contributed by atoms with Crippen LogP contribution in [0.15, 0.2) is 11.1 Å². The highest BCUT2D eigenvalue weighted by Crippen LogP contribution is 2.13. The van der Waals surface area contributed by atoms with Crippen molar-refractivity contribution in [3.63, 3.8) is 0 Å². The van der Waals surface area contributed by atoms with Gasteiger partial charge in [0, 0.05) is 13.2 Å². The molecular weight excluding hydrogens is 244 g/mol. The van der Waals surface area contributed by atoms with Gasteiger partial charge in [0.2, 0.25) is 10.0 Å². The van der Waals surface area contributed by atoms with Gasteiger partial charge in [-0.1, -0.05) is 12.8 Å². The van der Waals surface area contributed by atoms with Gasteiger partial charge >= 0.3 is 0 Å². The molecule has 0 aliphatic heterocycles. The first-order valence-electron chi connectivity index (χ1n) is 5.47. The maximum Gasteiger partial charge on any atom is 0.245 e. The zero-order chi connectivity index (χ0) is 12.7. The number of nitrogens with zero attached hydrogens (tertiary/aromatic N) is 1. The Bertz CT molecular complexity index is 429. The van der Waals surface area contributed by atoms with Crippen molar-refractivity contribution in [2.75, 3.05) is 18.9 Å². The number of aliphatic hydroxyl groups excluding tert-OH is 1. The van der Waals surface area contributed by atoms with Gasteiger partial charge in [-0.15, -0.1) is 0 Å². The molecule has 0 spiro atoms. The number of hydrogen-bond acceptors (Lipinski definition) is 5. The standard InChI is InChI=1S/C9H18N4O3S/c10-9-8(7-11-13-9)17(15,16)12-5-3-1-2-4-6-14/h7,12,14H,1-6H2,(H3,10,11,13). The molecule has 0 radical (unpaired) electrons. The summed E-state index contributed by atoms with van der Waals surface area (Å²) >= 11 is 0. The minimum Gasteiger partial charge on any atom is -0.396 e. The van der Waals surface area contributed by atoms with E-state index in [4.69, 9.17) is 10.8 Å². The van der Waals surface area contributed by atoms with Crippen molar-refractivity contribution in [1.82, 2.24) is 14.9 Å². The molecule has 1 rings (SSSR count). The number of hydrogen-bond donors (Lipinski definition) is 4. The molecule has 1 aromatic rings. The van der Waals surface area contributed by atoms with E-state index in [2.05, 4.69) is 14.9 Å². The molecule has 0 amide bonds. The minimum absolute atomic E-state index is 0.0205. The molecule has 98 valence electrons. The van der Waals surface area contributed by atoms with Gasteiger partial charge in [0.1, 0.15) is 10.7 Å². The van der Waals surface area contributed by atoms with E-state index in [1.165, 1.54) is 6.20 Å². The smallest absolute Gasteiger partial charge is 0.245 e. The summed E-state index contributed by atoms with van der Waals surface area (Å²) < 4.78 is 25.9. The summed E-state index contributed by atoms with van der Waals surface area (Å²) in [5.41, 5.74) is 5.43. The molecule has 0 bridgehead atoms. The molecule has 7 nitrogen and oxygen atoms in total. The number of unbranched alkanes of at least 4 members (excludes halogenated alkanes) is 3. The van der Waals surface area contributed by atoms with Crippen LogP contribution in [-0.2, 0) is 10.0 Å². The van der Waals surface area contributed by atoms with E-state index >= 15 is 0 Å². The van der Waals surface area contributed by atoms with Crippen LogP contribution in [0.5, 0.6) is 0 Å². The van der Waals surface area contributed by atoms with Gasteiger partial charge in [-0.05, 0) is 12.8 Å². The fourth-order valence-electron chi connectivity index (χ4n) is 1.37. The van der Waals surface area contributed by atoms with Crippen LogP contribution in [0, 0.1) is 0 Å². The zero-order valence-electron chi connectivity index (χ0n) is 9.52. The van der Waals surface area contributed by atoms with Gasteiger partial charge in [0.25, 0.3) is 0 Å². The quantitative estimate of drug-likeness (QED) is 0.484. The van der Waals surface area contributed by atoms with E-state index in [0.29, 0.717) is 6.54 Å². The topological polar surface area (TPSA) is 121 Å². The average molecular weight is 262 g/mol. The SMILES string of the molecule is Nc1[nH]ncc1S(=O)(=O)NCCCCCCO. The molecule has 0 saturated carbocycles. The number of aliphatic hydroxyl groups is 1. The summed E-state index contributed by atoms with van der Waals surface area (Å²) in [4.78, 5) is -0.0205. The first kappa shape index (κ1) is 13.9. The fraction of sp³-hybridized carbons (Fsp3) is 0.667. The van der Waals surface area contributed by atoms with Crippen molar-refractivity contribution in [2.24, 2.45) is 0 Å². The number of sulfonamides is 1. The molecule has 0 aromatic carbocycles. The lowest BCUT2D eigenvalue weighted by atomic mass is 10.2. The normalized spacial score (nSPS) is 11.8. The Labute approximate surface area is 100 Å². The highest BCUT2D eigenvalue weighted by Gasteiger charge is 2.18. The number of nitrogens with two attached hydrogens (primary N) is 1. The summed E-state index contributed by atoms with van der Waals surface area (Å²) in [5, 5.41) is 14.5. The van der Waals surface area contributed by atoms with E-state index in [1.54, 1.807) is 0 Å². The van der Waals surface area contributed by atoms with Crippen molar-refractivity contribution in [1.29, 1.82) is 0 Å². The molecule has 8 heteroatoms. The molecular formula is C9H18N4O3S. The third kappa shape index (κ3) is 4.33. The Morgan fingerprint density at radius 2 is 2.06 bits per heavy atom. The third-order valence-corrected chi connectivity index (χ3v) is 3.79. The van der Waals surface area contributed by atoms with Crippen LogP contribution < -0.4 is 10.5 Å². The van der Waals surface area contributed by atoms with Crippen LogP contribution in [0.25, 0.3) is 0 Å². The van der Waals surface area contributed by atoms with E-state index in [1.807, 2.05) is 0 Å². The second kappa shape index (κ2) is 6.58. The second-order valence-electron chi connectivity index (χ2n) is 3.68. The van der Waals surface area contributed by atoms with Gasteiger partial charge < -0.3 is 10.8 Å². The van der Waals surface area contributed by atoms with Crippen LogP contribution in [0.3, 0.4) is 0 Å². The molecule has 0 fully saturated rings. The molecule has 0 unspecified atom stereocenters. The van der Waals surface area contributed by atoms with Crippen LogP contribution in [0.2, 0.25) is 0 Å². The van der Waals surface area contributed by atoms with Crippen LogP contribution in [0.4, 0.5) is 5.82 Å². The van der Waals surface area contributed by atoms with E-state index in [0.717, 1.165) is 25.7 Å². The van der Waals surface area contributed by atoms with Crippen molar-refractivity contribution in [2.45, 2.75) is 30.6 Å².